The van der Waals surface area contributed by atoms with Crippen molar-refractivity contribution in [2.45, 2.75) is 136 Å². The van der Waals surface area contributed by atoms with Gasteiger partial charge in [0.25, 0.3) is 5.91 Å². The van der Waals surface area contributed by atoms with Crippen molar-refractivity contribution in [1.82, 2.24) is 30.8 Å². The number of ether oxygens (including phenoxy) is 2. The Balaban J connectivity index is 1.51. The zero-order valence-corrected chi connectivity index (χ0v) is 38.3. The maximum atomic E-state index is 14.4. The topological polar surface area (TPSA) is 159 Å². The molecular weight excluding hydrogens is 777 g/mol. The second kappa shape index (κ2) is 23.3. The van der Waals surface area contributed by atoms with Crippen molar-refractivity contribution in [2.75, 3.05) is 34.9 Å². The fraction of sp³-hybridized carbons (Fsp3) is 0.638. The molecule has 0 spiro atoms. The van der Waals surface area contributed by atoms with Crippen LogP contribution in [0.5, 0.6) is 0 Å². The van der Waals surface area contributed by atoms with E-state index in [1.54, 1.807) is 33.1 Å². The summed E-state index contributed by atoms with van der Waals surface area (Å²) in [5, 5.41) is 10.0. The Morgan fingerprint density at radius 3 is 2.11 bits per heavy atom. The summed E-state index contributed by atoms with van der Waals surface area (Å²) in [6.45, 7) is 14.7. The van der Waals surface area contributed by atoms with E-state index >= 15 is 0 Å². The van der Waals surface area contributed by atoms with E-state index in [4.69, 9.17) is 14.3 Å². The molecule has 2 aromatic rings. The largest absolute Gasteiger partial charge is 0.379 e. The number of nitrogens with zero attached hydrogens (tertiary/aromatic N) is 3. The normalized spacial score (nSPS) is 19.4. The van der Waals surface area contributed by atoms with E-state index in [1.807, 2.05) is 94.2 Å². The second-order valence-electron chi connectivity index (χ2n) is 17.5. The van der Waals surface area contributed by atoms with Crippen LogP contribution in [0, 0.1) is 23.7 Å². The summed E-state index contributed by atoms with van der Waals surface area (Å²) in [7, 11) is 6.70. The molecule has 14 nitrogen and oxygen atoms in total. The highest BCUT2D eigenvalue weighted by molar-refractivity contribution is 6.00. The molecule has 0 radical (unpaired) electrons. The van der Waals surface area contributed by atoms with Crippen molar-refractivity contribution in [3.63, 3.8) is 0 Å². The molecule has 0 aliphatic carbocycles. The molecule has 4 rings (SSSR count). The smallest absolute Gasteiger partial charge is 0.269 e. The molecule has 61 heavy (non-hydrogen) atoms. The second-order valence-corrected chi connectivity index (χ2v) is 17.5. The van der Waals surface area contributed by atoms with Gasteiger partial charge in [-0.1, -0.05) is 109 Å². The molecule has 2 aliphatic rings. The lowest BCUT2D eigenvalue weighted by molar-refractivity contribution is -0.203. The molecule has 2 heterocycles. The van der Waals surface area contributed by atoms with Crippen LogP contribution in [0.2, 0.25) is 0 Å². The van der Waals surface area contributed by atoms with Gasteiger partial charge in [0.2, 0.25) is 23.6 Å². The van der Waals surface area contributed by atoms with Gasteiger partial charge >= 0.3 is 0 Å². The highest BCUT2D eigenvalue weighted by atomic mass is 16.7. The minimum atomic E-state index is -0.909. The molecule has 14 heteroatoms. The minimum Gasteiger partial charge on any atom is -0.379 e. The molecule has 2 aliphatic heterocycles. The van der Waals surface area contributed by atoms with Gasteiger partial charge < -0.3 is 25.0 Å². The number of methoxy groups -OCH3 is 2. The third kappa shape index (κ3) is 12.5. The number of hydrogen-bond acceptors (Lipinski definition) is 10. The number of carbonyl (C=O) groups excluding carboxylic acids is 5. The van der Waals surface area contributed by atoms with Crippen molar-refractivity contribution >= 4 is 29.5 Å². The van der Waals surface area contributed by atoms with Crippen LogP contribution in [0.25, 0.3) is 0 Å². The molecule has 0 aromatic heterocycles. The maximum absolute atomic E-state index is 14.4. The summed E-state index contributed by atoms with van der Waals surface area (Å²) in [6, 6.07) is 14.5. The Kier molecular flexibility index (Phi) is 18.9. The lowest BCUT2D eigenvalue weighted by atomic mass is 9.87. The van der Waals surface area contributed by atoms with Gasteiger partial charge in [0, 0.05) is 33.2 Å². The summed E-state index contributed by atoms with van der Waals surface area (Å²) in [5.41, 5.74) is 2.89. The first-order valence-electron chi connectivity index (χ1n) is 22.0. The number of hydroxylamine groups is 2. The number of benzene rings is 2. The number of rotatable bonds is 21. The molecule has 3 N–H and O–H groups in total. The van der Waals surface area contributed by atoms with Gasteiger partial charge in [-0.15, -0.1) is 0 Å². The molecule has 0 saturated carbocycles. The number of carbonyl (C=O) groups is 5. The molecular formula is C47H72N6O8. The summed E-state index contributed by atoms with van der Waals surface area (Å²) in [6.07, 6.45) is 1.18. The maximum Gasteiger partial charge on any atom is 0.269 e. The number of likely N-dealkylation sites (N-methyl/N-ethyl adjacent to an activating group) is 2. The van der Waals surface area contributed by atoms with E-state index < -0.39 is 48.2 Å². The number of nitrogens with one attached hydrogen (secondary N) is 3. The number of imide groups is 1. The van der Waals surface area contributed by atoms with Crippen LogP contribution in [0.15, 0.2) is 54.6 Å². The monoisotopic (exact) mass is 849 g/mol. The van der Waals surface area contributed by atoms with Crippen molar-refractivity contribution in [3.8, 4) is 0 Å². The SMILES string of the molecule is CC[C@H](C)[C@@H]([C@@H](CC(=O)N1CCC[C@H]1[C@H](OC)[C@@H](C)C(=O)N[C@@H](Cc1ccccc1)C(=O)N1Cc2ccccc2CO1)OC)N(C)[C@H](C(=O)NC(=O)[C@@H](NC)C(C)C)C(C)C. The van der Waals surface area contributed by atoms with Gasteiger partial charge in [0.1, 0.15) is 12.6 Å². The highest BCUT2D eigenvalue weighted by Gasteiger charge is 2.44. The van der Waals surface area contributed by atoms with E-state index in [0.717, 1.165) is 29.5 Å². The number of likely N-dealkylation sites (tertiary alicyclic amines) is 1. The zero-order chi connectivity index (χ0) is 45.0. The Labute approximate surface area is 363 Å². The fourth-order valence-corrected chi connectivity index (χ4v) is 9.24. The van der Waals surface area contributed by atoms with E-state index in [1.165, 1.54) is 5.06 Å². The van der Waals surface area contributed by atoms with Crippen LogP contribution in [0.4, 0.5) is 0 Å². The lowest BCUT2D eigenvalue weighted by Gasteiger charge is -2.43. The van der Waals surface area contributed by atoms with Crippen LogP contribution >= 0.6 is 0 Å². The van der Waals surface area contributed by atoms with Crippen LogP contribution in [-0.2, 0) is 57.9 Å². The summed E-state index contributed by atoms with van der Waals surface area (Å²) >= 11 is 0. The van der Waals surface area contributed by atoms with Gasteiger partial charge in [0.15, 0.2) is 0 Å². The Morgan fingerprint density at radius 1 is 0.869 bits per heavy atom. The first-order valence-corrected chi connectivity index (χ1v) is 22.0. The van der Waals surface area contributed by atoms with Crippen LogP contribution in [-0.4, -0.2) is 122 Å². The van der Waals surface area contributed by atoms with Gasteiger partial charge in [-0.25, -0.2) is 5.06 Å². The van der Waals surface area contributed by atoms with Crippen LogP contribution in [0.3, 0.4) is 0 Å². The van der Waals surface area contributed by atoms with Gasteiger partial charge in [-0.3, -0.25) is 39.0 Å². The molecule has 5 amide bonds. The summed E-state index contributed by atoms with van der Waals surface area (Å²) in [4.78, 5) is 79.4. The van der Waals surface area contributed by atoms with Crippen molar-refractivity contribution < 1.29 is 38.3 Å². The standard InChI is InChI=1S/C47H72N6O8/c1-12-31(6)42(51(9)41(30(4)5)46(57)50-45(56)40(48-8)29(2)3)38(59-10)26-39(54)52-24-18-23-37(52)43(60-11)32(7)44(55)49-36(25-33-19-14-13-15-20-33)47(58)53-27-34-21-16-17-22-35(34)28-61-53/h13-17,19-22,29-32,36-38,40-43,48H,12,18,23-28H2,1-11H3,(H,49,55)(H,50,56,57)/t31-,32+,36-,37-,38+,40-,41-,42-,43+/m0/s1. The van der Waals surface area contributed by atoms with E-state index in [0.29, 0.717) is 13.0 Å². The van der Waals surface area contributed by atoms with Crippen LogP contribution < -0.4 is 16.0 Å². The molecule has 9 atom stereocenters. The zero-order valence-electron chi connectivity index (χ0n) is 38.3. The summed E-state index contributed by atoms with van der Waals surface area (Å²) in [5.74, 6) is -2.50. The summed E-state index contributed by atoms with van der Waals surface area (Å²) < 4.78 is 12.2. The average Bonchev–Trinajstić information content (AvgIpc) is 3.73. The number of amides is 5. The van der Waals surface area contributed by atoms with E-state index in [2.05, 4.69) is 29.8 Å². The van der Waals surface area contributed by atoms with Gasteiger partial charge in [-0.05, 0) is 61.4 Å². The molecule has 0 unspecified atom stereocenters. The average molecular weight is 849 g/mol. The first kappa shape index (κ1) is 49.4. The Hall–Kier alpha value is -4.21. The van der Waals surface area contributed by atoms with Gasteiger partial charge in [0.05, 0.1) is 49.2 Å². The van der Waals surface area contributed by atoms with E-state index in [9.17, 15) is 24.0 Å². The molecule has 0 bridgehead atoms. The molecule has 2 aromatic carbocycles. The minimum absolute atomic E-state index is 0.0196. The number of fused-ring (bicyclic) bond motifs is 1. The third-order valence-corrected chi connectivity index (χ3v) is 12.7. The van der Waals surface area contributed by atoms with Gasteiger partial charge in [-0.2, -0.15) is 0 Å². The third-order valence-electron chi connectivity index (χ3n) is 12.7. The molecule has 338 valence electrons. The van der Waals surface area contributed by atoms with Crippen LogP contribution in [0.1, 0.15) is 90.8 Å². The van der Waals surface area contributed by atoms with Crippen molar-refractivity contribution in [2.24, 2.45) is 23.7 Å². The molecule has 1 fully saturated rings. The Morgan fingerprint density at radius 2 is 1.52 bits per heavy atom. The Bertz CT molecular complexity index is 1760. The predicted molar refractivity (Wildman–Crippen MR) is 234 cm³/mol. The quantitative estimate of drug-likeness (QED) is 0.164. The number of hydrogen-bond donors (Lipinski definition) is 3. The van der Waals surface area contributed by atoms with Crippen molar-refractivity contribution in [1.29, 1.82) is 0 Å². The first-order chi connectivity index (χ1) is 29.1. The van der Waals surface area contributed by atoms with E-state index in [-0.39, 0.29) is 73.4 Å². The van der Waals surface area contributed by atoms with Crippen molar-refractivity contribution in [3.05, 3.63) is 71.3 Å². The highest BCUT2D eigenvalue weighted by Crippen LogP contribution is 2.31. The molecule has 1 saturated heterocycles. The predicted octanol–water partition coefficient (Wildman–Crippen LogP) is 4.49. The fourth-order valence-electron chi connectivity index (χ4n) is 9.24. The lowest BCUT2D eigenvalue weighted by Crippen LogP contribution is -2.60.